The maximum Gasteiger partial charge on any atom is 0.296 e. The predicted molar refractivity (Wildman–Crippen MR) is 78.3 cm³/mol. The molecule has 0 saturated carbocycles. The Hall–Kier alpha value is -1.95. The number of carbonyl (C=O) groups is 2. The summed E-state index contributed by atoms with van der Waals surface area (Å²) < 4.78 is 14.4. The number of anilines is 2. The predicted octanol–water partition coefficient (Wildman–Crippen LogP) is 1.49. The van der Waals surface area contributed by atoms with E-state index in [1.54, 1.807) is 6.07 Å². The van der Waals surface area contributed by atoms with Gasteiger partial charge in [0.15, 0.2) is 0 Å². The molecule has 21 heavy (non-hydrogen) atoms. The number of ketones is 1. The lowest BCUT2D eigenvalue weighted by atomic mass is 10.1. The summed E-state index contributed by atoms with van der Waals surface area (Å²) in [6.45, 7) is 4.63. The minimum atomic E-state index is -0.690. The number of hydrogen-bond acceptors (Lipinski definition) is 4. The van der Waals surface area contributed by atoms with Crippen LogP contribution in [0.1, 0.15) is 23.7 Å². The standard InChI is InChI=1S/C15H18FN3O2/c1-9-8-18(2)4-3-5-19(9)13-7-12-10(6-11(13)16)14(20)15(21)17-12/h6-7,9H,3-5,8H2,1-2H3,(H,17,20,21). The number of benzene rings is 1. The number of fused-ring (bicyclic) bond motifs is 1. The van der Waals surface area contributed by atoms with Crippen LogP contribution in [0.5, 0.6) is 0 Å². The van der Waals surface area contributed by atoms with Gasteiger partial charge in [0.1, 0.15) is 5.82 Å². The summed E-state index contributed by atoms with van der Waals surface area (Å²) in [4.78, 5) is 27.2. The number of amides is 1. The van der Waals surface area contributed by atoms with Crippen molar-refractivity contribution in [3.8, 4) is 0 Å². The fraction of sp³-hybridized carbons (Fsp3) is 0.467. The van der Waals surface area contributed by atoms with Gasteiger partial charge in [0.25, 0.3) is 11.7 Å². The zero-order valence-corrected chi connectivity index (χ0v) is 12.1. The van der Waals surface area contributed by atoms with Gasteiger partial charge >= 0.3 is 0 Å². The lowest BCUT2D eigenvalue weighted by Gasteiger charge is -2.30. The van der Waals surface area contributed by atoms with E-state index in [1.807, 2.05) is 4.90 Å². The molecule has 0 radical (unpaired) electrons. The molecule has 0 aliphatic carbocycles. The van der Waals surface area contributed by atoms with E-state index < -0.39 is 17.5 Å². The molecule has 0 aromatic heterocycles. The summed E-state index contributed by atoms with van der Waals surface area (Å²) >= 11 is 0. The second kappa shape index (κ2) is 5.11. The van der Waals surface area contributed by atoms with Crippen LogP contribution in [0.3, 0.4) is 0 Å². The molecule has 112 valence electrons. The van der Waals surface area contributed by atoms with Gasteiger partial charge in [-0.25, -0.2) is 4.39 Å². The number of nitrogens with zero attached hydrogens (tertiary/aromatic N) is 2. The van der Waals surface area contributed by atoms with Crippen molar-refractivity contribution in [1.29, 1.82) is 0 Å². The van der Waals surface area contributed by atoms with E-state index >= 15 is 0 Å². The highest BCUT2D eigenvalue weighted by Crippen LogP contribution is 2.32. The first-order valence-electron chi connectivity index (χ1n) is 7.12. The van der Waals surface area contributed by atoms with Crippen LogP contribution in [-0.4, -0.2) is 49.3 Å². The Balaban J connectivity index is 1.98. The number of rotatable bonds is 1. The van der Waals surface area contributed by atoms with Crippen LogP contribution >= 0.6 is 0 Å². The molecule has 1 aromatic carbocycles. The van der Waals surface area contributed by atoms with E-state index in [0.717, 1.165) is 26.1 Å². The Morgan fingerprint density at radius 1 is 1.29 bits per heavy atom. The van der Waals surface area contributed by atoms with Crippen LogP contribution in [0.15, 0.2) is 12.1 Å². The highest BCUT2D eigenvalue weighted by molar-refractivity contribution is 6.51. The van der Waals surface area contributed by atoms with Crippen LogP contribution < -0.4 is 10.2 Å². The zero-order chi connectivity index (χ0) is 15.1. The van der Waals surface area contributed by atoms with Gasteiger partial charge in [-0.05, 0) is 39.1 Å². The van der Waals surface area contributed by atoms with E-state index in [1.165, 1.54) is 6.07 Å². The van der Waals surface area contributed by atoms with Gasteiger partial charge in [-0.2, -0.15) is 0 Å². The lowest BCUT2D eigenvalue weighted by Crippen LogP contribution is -2.38. The first kappa shape index (κ1) is 14.0. The van der Waals surface area contributed by atoms with Crippen LogP contribution in [0.4, 0.5) is 15.8 Å². The molecule has 3 rings (SSSR count). The second-order valence-electron chi connectivity index (χ2n) is 5.79. The number of likely N-dealkylation sites (N-methyl/N-ethyl adjacent to an activating group) is 1. The Kier molecular flexibility index (Phi) is 3.41. The zero-order valence-electron chi connectivity index (χ0n) is 12.1. The number of hydrogen-bond donors (Lipinski definition) is 1. The third-order valence-corrected chi connectivity index (χ3v) is 4.14. The van der Waals surface area contributed by atoms with Crippen molar-refractivity contribution < 1.29 is 14.0 Å². The molecule has 1 amide bonds. The quantitative estimate of drug-likeness (QED) is 0.797. The van der Waals surface area contributed by atoms with Gasteiger partial charge in [0, 0.05) is 19.1 Å². The van der Waals surface area contributed by atoms with Gasteiger partial charge in [0.2, 0.25) is 0 Å². The minimum absolute atomic E-state index is 0.126. The molecular weight excluding hydrogens is 273 g/mol. The molecule has 0 bridgehead atoms. The van der Waals surface area contributed by atoms with Crippen LogP contribution in [0, 0.1) is 5.82 Å². The molecule has 1 fully saturated rings. The molecule has 1 aromatic rings. The summed E-state index contributed by atoms with van der Waals surface area (Å²) in [5.41, 5.74) is 0.985. The first-order valence-corrected chi connectivity index (χ1v) is 7.12. The summed E-state index contributed by atoms with van der Waals surface area (Å²) in [6.07, 6.45) is 0.947. The summed E-state index contributed by atoms with van der Waals surface area (Å²) in [7, 11) is 2.05. The smallest absolute Gasteiger partial charge is 0.296 e. The summed E-state index contributed by atoms with van der Waals surface area (Å²) in [6, 6.07) is 2.92. The number of nitrogens with one attached hydrogen (secondary N) is 1. The van der Waals surface area contributed by atoms with E-state index in [4.69, 9.17) is 0 Å². The molecule has 6 heteroatoms. The third kappa shape index (κ3) is 2.40. The van der Waals surface area contributed by atoms with Gasteiger partial charge in [0.05, 0.1) is 16.9 Å². The Morgan fingerprint density at radius 3 is 2.81 bits per heavy atom. The third-order valence-electron chi connectivity index (χ3n) is 4.14. The molecule has 5 nitrogen and oxygen atoms in total. The average molecular weight is 291 g/mol. The topological polar surface area (TPSA) is 52.7 Å². The normalized spacial score (nSPS) is 23.0. The molecule has 1 atom stereocenters. The number of halogens is 1. The van der Waals surface area contributed by atoms with Crippen molar-refractivity contribution in [1.82, 2.24) is 4.90 Å². The van der Waals surface area contributed by atoms with Gasteiger partial charge in [-0.1, -0.05) is 0 Å². The van der Waals surface area contributed by atoms with Crippen molar-refractivity contribution in [2.24, 2.45) is 0 Å². The van der Waals surface area contributed by atoms with Gasteiger partial charge in [-0.3, -0.25) is 9.59 Å². The SMILES string of the molecule is CC1CN(C)CCCN1c1cc2c(cc1F)C(=O)C(=O)N2. The van der Waals surface area contributed by atoms with Crippen LogP contribution in [0.2, 0.25) is 0 Å². The lowest BCUT2D eigenvalue weighted by molar-refractivity contribution is -0.112. The summed E-state index contributed by atoms with van der Waals surface area (Å²) in [5, 5.41) is 2.50. The van der Waals surface area contributed by atoms with E-state index in [0.29, 0.717) is 11.4 Å². The van der Waals surface area contributed by atoms with Gasteiger partial charge < -0.3 is 15.1 Å². The van der Waals surface area contributed by atoms with Crippen molar-refractivity contribution in [3.05, 3.63) is 23.5 Å². The average Bonchev–Trinajstić information content (AvgIpc) is 2.59. The Labute approximate surface area is 122 Å². The van der Waals surface area contributed by atoms with Gasteiger partial charge in [-0.15, -0.1) is 0 Å². The molecule has 2 aliphatic rings. The fourth-order valence-corrected chi connectivity index (χ4v) is 3.10. The molecule has 2 aliphatic heterocycles. The number of Topliss-reactive ketones (excluding diaryl/α,β-unsaturated/α-hetero) is 1. The van der Waals surface area contributed by atoms with Crippen molar-refractivity contribution in [2.45, 2.75) is 19.4 Å². The molecular formula is C15H18FN3O2. The molecule has 0 spiro atoms. The van der Waals surface area contributed by atoms with E-state index in [2.05, 4.69) is 24.2 Å². The van der Waals surface area contributed by atoms with Crippen LogP contribution in [-0.2, 0) is 4.79 Å². The van der Waals surface area contributed by atoms with E-state index in [-0.39, 0.29) is 11.6 Å². The Bertz CT molecular complexity index is 617. The molecule has 1 saturated heterocycles. The van der Waals surface area contributed by atoms with Crippen molar-refractivity contribution in [3.63, 3.8) is 0 Å². The second-order valence-corrected chi connectivity index (χ2v) is 5.79. The van der Waals surface area contributed by atoms with Crippen molar-refractivity contribution in [2.75, 3.05) is 36.9 Å². The minimum Gasteiger partial charge on any atom is -0.365 e. The monoisotopic (exact) mass is 291 g/mol. The maximum atomic E-state index is 14.4. The highest BCUT2D eigenvalue weighted by atomic mass is 19.1. The fourth-order valence-electron chi connectivity index (χ4n) is 3.10. The largest absolute Gasteiger partial charge is 0.365 e. The first-order chi connectivity index (χ1) is 9.97. The van der Waals surface area contributed by atoms with E-state index in [9.17, 15) is 14.0 Å². The van der Waals surface area contributed by atoms with Crippen molar-refractivity contribution >= 4 is 23.1 Å². The Morgan fingerprint density at radius 2 is 2.05 bits per heavy atom. The van der Waals surface area contributed by atoms with Crippen LogP contribution in [0.25, 0.3) is 0 Å². The molecule has 1 N–H and O–H groups in total. The maximum absolute atomic E-state index is 14.4. The number of carbonyl (C=O) groups excluding carboxylic acids is 2. The highest BCUT2D eigenvalue weighted by Gasteiger charge is 2.31. The molecule has 1 unspecified atom stereocenters. The summed E-state index contributed by atoms with van der Waals surface area (Å²) in [5.74, 6) is -1.81. The molecule has 2 heterocycles.